The third-order valence-electron chi connectivity index (χ3n) is 3.18. The number of carbonyl (C=O) groups excluding carboxylic acids is 1. The van der Waals surface area contributed by atoms with Crippen LogP contribution in [0.5, 0.6) is 11.5 Å². The van der Waals surface area contributed by atoms with Gasteiger partial charge in [0.15, 0.2) is 6.73 Å². The Morgan fingerprint density at radius 1 is 1.17 bits per heavy atom. The van der Waals surface area contributed by atoms with E-state index in [9.17, 15) is 9.90 Å². The third-order valence-corrected chi connectivity index (χ3v) is 3.91. The number of nitrogens with one attached hydrogen (secondary N) is 1. The van der Waals surface area contributed by atoms with Gasteiger partial charge in [0.25, 0.3) is 0 Å². The zero-order valence-corrected chi connectivity index (χ0v) is 14.6. The molecule has 0 fully saturated rings. The van der Waals surface area contributed by atoms with Crippen LogP contribution in [0.4, 0.5) is 10.5 Å². The summed E-state index contributed by atoms with van der Waals surface area (Å²) in [5, 5.41) is 12.8. The van der Waals surface area contributed by atoms with Crippen LogP contribution >= 0.6 is 23.2 Å². The minimum atomic E-state index is -0.297. The molecule has 0 bridgehead atoms. The molecule has 0 unspecified atom stereocenters. The fraction of sp³-hybridized carbons (Fsp3) is 0.235. The van der Waals surface area contributed by atoms with Crippen molar-refractivity contribution in [2.75, 3.05) is 18.6 Å². The van der Waals surface area contributed by atoms with Gasteiger partial charge in [0, 0.05) is 12.2 Å². The Balaban J connectivity index is 1.98. The lowest BCUT2D eigenvalue weighted by Crippen LogP contribution is -2.38. The van der Waals surface area contributed by atoms with Crippen LogP contribution in [-0.2, 0) is 0 Å². The molecular formula is C17H18Cl2N2O3. The van der Waals surface area contributed by atoms with E-state index in [0.29, 0.717) is 28.0 Å². The molecule has 2 aromatic carbocycles. The largest absolute Gasteiger partial charge is 0.508 e. The van der Waals surface area contributed by atoms with E-state index in [0.717, 1.165) is 6.42 Å². The Morgan fingerprint density at radius 2 is 1.88 bits per heavy atom. The van der Waals surface area contributed by atoms with E-state index in [4.69, 9.17) is 27.9 Å². The quantitative estimate of drug-likeness (QED) is 0.706. The first-order valence-electron chi connectivity index (χ1n) is 7.42. The maximum atomic E-state index is 12.4. The van der Waals surface area contributed by atoms with Gasteiger partial charge in [0.05, 0.1) is 10.0 Å². The number of ether oxygens (including phenoxy) is 1. The number of carbonyl (C=O) groups is 1. The molecule has 0 radical (unpaired) electrons. The number of urea groups is 1. The molecule has 0 saturated heterocycles. The lowest BCUT2D eigenvalue weighted by molar-refractivity contribution is 0.145. The van der Waals surface area contributed by atoms with E-state index < -0.39 is 0 Å². The molecule has 7 heteroatoms. The number of phenols is 1. The molecule has 128 valence electrons. The molecule has 2 amide bonds. The van der Waals surface area contributed by atoms with E-state index in [2.05, 4.69) is 5.32 Å². The van der Waals surface area contributed by atoms with Gasteiger partial charge in [-0.2, -0.15) is 0 Å². The number of anilines is 1. The van der Waals surface area contributed by atoms with Gasteiger partial charge in [-0.3, -0.25) is 4.90 Å². The number of halogens is 2. The van der Waals surface area contributed by atoms with Crippen LogP contribution in [0, 0.1) is 0 Å². The van der Waals surface area contributed by atoms with E-state index in [1.807, 2.05) is 6.92 Å². The highest BCUT2D eigenvalue weighted by Crippen LogP contribution is 2.25. The van der Waals surface area contributed by atoms with E-state index in [1.165, 1.54) is 17.0 Å². The number of phenolic OH excluding ortho intramolecular Hbond substituents is 1. The number of rotatable bonds is 6. The monoisotopic (exact) mass is 368 g/mol. The van der Waals surface area contributed by atoms with Gasteiger partial charge >= 0.3 is 6.03 Å². The summed E-state index contributed by atoms with van der Waals surface area (Å²) in [6, 6.07) is 10.9. The molecular weight excluding hydrogens is 351 g/mol. The molecule has 2 rings (SSSR count). The molecule has 24 heavy (non-hydrogen) atoms. The zero-order chi connectivity index (χ0) is 17.5. The molecule has 5 nitrogen and oxygen atoms in total. The minimum absolute atomic E-state index is 0.0891. The SMILES string of the molecule is CCCN(COc1ccc(O)cc1)C(=O)Nc1ccc(Cl)c(Cl)c1. The van der Waals surface area contributed by atoms with Gasteiger partial charge in [-0.05, 0) is 48.9 Å². The number of aromatic hydroxyl groups is 1. The van der Waals surface area contributed by atoms with Crippen molar-refractivity contribution in [3.63, 3.8) is 0 Å². The summed E-state index contributed by atoms with van der Waals surface area (Å²) in [6.07, 6.45) is 0.785. The summed E-state index contributed by atoms with van der Waals surface area (Å²) in [6.45, 7) is 2.59. The maximum absolute atomic E-state index is 12.4. The second kappa shape index (κ2) is 8.66. The Hall–Kier alpha value is -2.11. The normalized spacial score (nSPS) is 10.3. The molecule has 0 spiro atoms. The first-order chi connectivity index (χ1) is 11.5. The first kappa shape index (κ1) is 18.2. The number of amides is 2. The first-order valence-corrected chi connectivity index (χ1v) is 8.18. The average Bonchev–Trinajstić information content (AvgIpc) is 2.56. The second-order valence-corrected chi connectivity index (χ2v) is 5.90. The van der Waals surface area contributed by atoms with Gasteiger partial charge in [-0.1, -0.05) is 30.1 Å². The molecule has 0 aliphatic heterocycles. The third kappa shape index (κ3) is 5.22. The van der Waals surface area contributed by atoms with Crippen LogP contribution in [0.25, 0.3) is 0 Å². The Bertz CT molecular complexity index is 693. The molecule has 0 heterocycles. The summed E-state index contributed by atoms with van der Waals surface area (Å²) >= 11 is 11.8. The average molecular weight is 369 g/mol. The number of hydrogen-bond acceptors (Lipinski definition) is 3. The summed E-state index contributed by atoms with van der Waals surface area (Å²) in [5.41, 5.74) is 0.556. The molecule has 0 atom stereocenters. The fourth-order valence-corrected chi connectivity index (χ4v) is 2.26. The van der Waals surface area contributed by atoms with Gasteiger partial charge in [0.1, 0.15) is 11.5 Å². The Labute approximate surface area is 150 Å². The molecule has 2 aromatic rings. The number of hydrogen-bond donors (Lipinski definition) is 2. The van der Waals surface area contributed by atoms with Gasteiger partial charge in [-0.15, -0.1) is 0 Å². The number of nitrogens with zero attached hydrogens (tertiary/aromatic N) is 1. The predicted molar refractivity (Wildman–Crippen MR) is 96.1 cm³/mol. The van der Waals surface area contributed by atoms with E-state index in [-0.39, 0.29) is 18.5 Å². The van der Waals surface area contributed by atoms with Gasteiger partial charge in [0.2, 0.25) is 0 Å². The van der Waals surface area contributed by atoms with Crippen molar-refractivity contribution < 1.29 is 14.6 Å². The topological polar surface area (TPSA) is 61.8 Å². The summed E-state index contributed by atoms with van der Waals surface area (Å²) in [4.78, 5) is 13.9. The van der Waals surface area contributed by atoms with Crippen molar-refractivity contribution in [2.24, 2.45) is 0 Å². The lowest BCUT2D eigenvalue weighted by atomic mass is 10.3. The van der Waals surface area contributed by atoms with Crippen molar-refractivity contribution >= 4 is 34.9 Å². The minimum Gasteiger partial charge on any atom is -0.508 e. The Kier molecular flexibility index (Phi) is 6.58. The van der Waals surface area contributed by atoms with Crippen LogP contribution in [-0.4, -0.2) is 29.3 Å². The van der Waals surface area contributed by atoms with E-state index >= 15 is 0 Å². The summed E-state index contributed by atoms with van der Waals surface area (Å²) < 4.78 is 5.58. The van der Waals surface area contributed by atoms with Crippen LogP contribution in [0.2, 0.25) is 10.0 Å². The standard InChI is InChI=1S/C17H18Cl2N2O3/c1-2-9-21(11-24-14-6-4-13(22)5-7-14)17(23)20-12-3-8-15(18)16(19)10-12/h3-8,10,22H,2,9,11H2,1H3,(H,20,23). The molecule has 0 aliphatic rings. The summed E-state index contributed by atoms with van der Waals surface area (Å²) in [7, 11) is 0. The van der Waals surface area contributed by atoms with Crippen LogP contribution in [0.1, 0.15) is 13.3 Å². The maximum Gasteiger partial charge on any atom is 0.324 e. The van der Waals surface area contributed by atoms with Crippen LogP contribution in [0.15, 0.2) is 42.5 Å². The molecule has 2 N–H and O–H groups in total. The van der Waals surface area contributed by atoms with Crippen molar-refractivity contribution in [1.82, 2.24) is 4.90 Å². The zero-order valence-electron chi connectivity index (χ0n) is 13.1. The van der Waals surface area contributed by atoms with Crippen molar-refractivity contribution in [3.8, 4) is 11.5 Å². The fourth-order valence-electron chi connectivity index (χ4n) is 1.97. The van der Waals surface area contributed by atoms with Gasteiger partial charge in [-0.25, -0.2) is 4.79 Å². The molecule has 0 saturated carbocycles. The lowest BCUT2D eigenvalue weighted by Gasteiger charge is -2.23. The Morgan fingerprint density at radius 3 is 2.50 bits per heavy atom. The highest BCUT2D eigenvalue weighted by molar-refractivity contribution is 6.42. The predicted octanol–water partition coefficient (Wildman–Crippen LogP) is 4.98. The van der Waals surface area contributed by atoms with Gasteiger partial charge < -0.3 is 15.2 Å². The van der Waals surface area contributed by atoms with Crippen LogP contribution in [0.3, 0.4) is 0 Å². The molecule has 0 aliphatic carbocycles. The van der Waals surface area contributed by atoms with Crippen molar-refractivity contribution in [2.45, 2.75) is 13.3 Å². The van der Waals surface area contributed by atoms with Crippen LogP contribution < -0.4 is 10.1 Å². The second-order valence-electron chi connectivity index (χ2n) is 5.09. The number of benzene rings is 2. The molecule has 0 aromatic heterocycles. The smallest absolute Gasteiger partial charge is 0.324 e. The highest BCUT2D eigenvalue weighted by Gasteiger charge is 2.14. The van der Waals surface area contributed by atoms with Crippen molar-refractivity contribution in [1.29, 1.82) is 0 Å². The highest BCUT2D eigenvalue weighted by atomic mass is 35.5. The van der Waals surface area contributed by atoms with E-state index in [1.54, 1.807) is 30.3 Å². The summed E-state index contributed by atoms with van der Waals surface area (Å²) in [5.74, 6) is 0.723. The van der Waals surface area contributed by atoms with Crippen molar-refractivity contribution in [3.05, 3.63) is 52.5 Å².